The molecule has 2 aliphatic heterocycles. The number of aryl methyl sites for hydroxylation is 1. The summed E-state index contributed by atoms with van der Waals surface area (Å²) in [5.74, 6) is 2.07. The Morgan fingerprint density at radius 1 is 1.41 bits per heavy atom. The van der Waals surface area contributed by atoms with Crippen molar-refractivity contribution < 1.29 is 23.5 Å². The van der Waals surface area contributed by atoms with E-state index in [-0.39, 0.29) is 24.2 Å². The third-order valence-corrected chi connectivity index (χ3v) is 4.70. The van der Waals surface area contributed by atoms with Gasteiger partial charge in [-0.05, 0) is 19.9 Å². The lowest BCUT2D eigenvalue weighted by molar-refractivity contribution is -0.142. The lowest BCUT2D eigenvalue weighted by Gasteiger charge is -2.33. The molecule has 1 amide bonds. The van der Waals surface area contributed by atoms with Crippen molar-refractivity contribution in [2.75, 3.05) is 26.4 Å². The van der Waals surface area contributed by atoms with Crippen LogP contribution in [-0.2, 0) is 16.0 Å². The van der Waals surface area contributed by atoms with Crippen molar-refractivity contribution in [3.63, 3.8) is 0 Å². The molecule has 8 heteroatoms. The molecule has 0 saturated carbocycles. The molecule has 1 saturated heterocycles. The zero-order valence-corrected chi connectivity index (χ0v) is 15.7. The number of benzene rings is 1. The molecule has 0 spiro atoms. The summed E-state index contributed by atoms with van der Waals surface area (Å²) >= 11 is 0. The highest BCUT2D eigenvalue weighted by Gasteiger charge is 2.34. The van der Waals surface area contributed by atoms with Gasteiger partial charge < -0.3 is 23.6 Å². The summed E-state index contributed by atoms with van der Waals surface area (Å²) in [6.07, 6.45) is 0.816. The van der Waals surface area contributed by atoms with E-state index in [9.17, 15) is 4.79 Å². The first-order valence-electron chi connectivity index (χ1n) is 9.04. The van der Waals surface area contributed by atoms with Crippen LogP contribution in [0.4, 0.5) is 0 Å². The molecule has 0 N–H and O–H groups in total. The van der Waals surface area contributed by atoms with E-state index in [1.54, 1.807) is 11.8 Å². The van der Waals surface area contributed by atoms with E-state index in [0.717, 1.165) is 17.7 Å². The number of ether oxygens (including phenoxy) is 3. The second kappa shape index (κ2) is 6.84. The molecule has 4 rings (SSSR count). The molecule has 1 aromatic heterocycles. The maximum absolute atomic E-state index is 12.8. The Morgan fingerprint density at radius 3 is 3.04 bits per heavy atom. The zero-order valence-electron chi connectivity index (χ0n) is 15.7. The highest BCUT2D eigenvalue weighted by molar-refractivity contribution is 5.78. The number of para-hydroxylation sites is 1. The topological polar surface area (TPSA) is 86.9 Å². The van der Waals surface area contributed by atoms with Gasteiger partial charge in [-0.2, -0.15) is 4.98 Å². The summed E-state index contributed by atoms with van der Waals surface area (Å²) in [5, 5.41) is 3.93. The average Bonchev–Trinajstić information content (AvgIpc) is 3.21. The molecule has 8 nitrogen and oxygen atoms in total. The average molecular weight is 373 g/mol. The Bertz CT molecular complexity index is 848. The standard InChI is InChI=1S/C19H23N3O5/c1-12-20-18(21-27-12)14-10-24-8-7-22(14)16(23)11-25-15-6-4-5-13-9-19(2,3)26-17(13)15/h4-6,14H,7-11H2,1-3H3. The van der Waals surface area contributed by atoms with E-state index in [1.807, 2.05) is 32.0 Å². The number of carbonyl (C=O) groups excluding carboxylic acids is 1. The maximum atomic E-state index is 12.8. The van der Waals surface area contributed by atoms with Crippen molar-refractivity contribution in [2.24, 2.45) is 0 Å². The molecule has 1 unspecified atom stereocenters. The summed E-state index contributed by atoms with van der Waals surface area (Å²) in [5.41, 5.74) is 0.828. The van der Waals surface area contributed by atoms with Crippen LogP contribution in [-0.4, -0.2) is 52.9 Å². The number of fused-ring (bicyclic) bond motifs is 1. The first-order valence-corrected chi connectivity index (χ1v) is 9.04. The molecule has 1 fully saturated rings. The number of hydrogen-bond acceptors (Lipinski definition) is 7. The molecule has 1 aromatic carbocycles. The second-order valence-electron chi connectivity index (χ2n) is 7.42. The molecule has 0 radical (unpaired) electrons. The molecule has 27 heavy (non-hydrogen) atoms. The van der Waals surface area contributed by atoms with Gasteiger partial charge in [0.1, 0.15) is 11.6 Å². The Kier molecular flexibility index (Phi) is 4.51. The van der Waals surface area contributed by atoms with Crippen LogP contribution in [0.25, 0.3) is 0 Å². The third kappa shape index (κ3) is 3.62. The summed E-state index contributed by atoms with van der Waals surface area (Å²) in [6.45, 7) is 6.96. The quantitative estimate of drug-likeness (QED) is 0.811. The number of hydrogen-bond donors (Lipinski definition) is 0. The van der Waals surface area contributed by atoms with Crippen molar-refractivity contribution in [1.82, 2.24) is 15.0 Å². The number of carbonyl (C=O) groups is 1. The first-order chi connectivity index (χ1) is 12.9. The van der Waals surface area contributed by atoms with Crippen LogP contribution in [0.2, 0.25) is 0 Å². The minimum Gasteiger partial charge on any atom is -0.483 e. The minimum absolute atomic E-state index is 0.0897. The third-order valence-electron chi connectivity index (χ3n) is 4.70. The summed E-state index contributed by atoms with van der Waals surface area (Å²) in [6, 6.07) is 5.40. The van der Waals surface area contributed by atoms with Gasteiger partial charge in [-0.3, -0.25) is 4.79 Å². The SMILES string of the molecule is Cc1nc(C2COCCN2C(=O)COc2cccc3c2OC(C)(C)C3)no1. The van der Waals surface area contributed by atoms with Crippen LogP contribution in [0, 0.1) is 6.92 Å². The largest absolute Gasteiger partial charge is 0.483 e. The van der Waals surface area contributed by atoms with Crippen molar-refractivity contribution >= 4 is 5.91 Å². The van der Waals surface area contributed by atoms with E-state index in [0.29, 0.717) is 37.2 Å². The van der Waals surface area contributed by atoms with E-state index >= 15 is 0 Å². The first kappa shape index (κ1) is 17.8. The maximum Gasteiger partial charge on any atom is 0.261 e. The Labute approximate surface area is 157 Å². The number of rotatable bonds is 4. The molecule has 0 aliphatic carbocycles. The smallest absolute Gasteiger partial charge is 0.261 e. The monoisotopic (exact) mass is 373 g/mol. The van der Waals surface area contributed by atoms with Gasteiger partial charge in [-0.15, -0.1) is 0 Å². The van der Waals surface area contributed by atoms with Crippen LogP contribution < -0.4 is 9.47 Å². The predicted octanol–water partition coefficient (Wildman–Crippen LogP) is 2.07. The molecule has 1 atom stereocenters. The number of nitrogens with zero attached hydrogens (tertiary/aromatic N) is 3. The number of aromatic nitrogens is 2. The van der Waals surface area contributed by atoms with Gasteiger partial charge in [0.15, 0.2) is 23.9 Å². The second-order valence-corrected chi connectivity index (χ2v) is 7.42. The molecular formula is C19H23N3O5. The van der Waals surface area contributed by atoms with Gasteiger partial charge in [0.05, 0.1) is 13.2 Å². The molecule has 2 aliphatic rings. The van der Waals surface area contributed by atoms with Gasteiger partial charge in [-0.1, -0.05) is 17.3 Å². The van der Waals surface area contributed by atoms with Crippen molar-refractivity contribution in [3.05, 3.63) is 35.5 Å². The van der Waals surface area contributed by atoms with E-state index in [2.05, 4.69) is 10.1 Å². The van der Waals surface area contributed by atoms with Gasteiger partial charge >= 0.3 is 0 Å². The Balaban J connectivity index is 1.46. The van der Waals surface area contributed by atoms with Crippen molar-refractivity contribution in [3.8, 4) is 11.5 Å². The van der Waals surface area contributed by atoms with E-state index in [1.165, 1.54) is 0 Å². The Hall–Kier alpha value is -2.61. The van der Waals surface area contributed by atoms with Gasteiger partial charge in [0, 0.05) is 25.5 Å². The van der Waals surface area contributed by atoms with Gasteiger partial charge in [-0.25, -0.2) is 0 Å². The van der Waals surface area contributed by atoms with Crippen molar-refractivity contribution in [2.45, 2.75) is 38.8 Å². The number of amides is 1. The lowest BCUT2D eigenvalue weighted by Crippen LogP contribution is -2.45. The fourth-order valence-corrected chi connectivity index (χ4v) is 3.49. The van der Waals surface area contributed by atoms with Crippen LogP contribution in [0.5, 0.6) is 11.5 Å². The molecule has 144 valence electrons. The van der Waals surface area contributed by atoms with Crippen LogP contribution in [0.3, 0.4) is 0 Å². The van der Waals surface area contributed by atoms with Crippen molar-refractivity contribution in [1.29, 1.82) is 0 Å². The molecule has 2 aromatic rings. The highest BCUT2D eigenvalue weighted by atomic mass is 16.5. The number of morpholine rings is 1. The lowest BCUT2D eigenvalue weighted by atomic mass is 10.0. The van der Waals surface area contributed by atoms with Gasteiger partial charge in [0.2, 0.25) is 5.89 Å². The zero-order chi connectivity index (χ0) is 19.0. The van der Waals surface area contributed by atoms with Crippen LogP contribution >= 0.6 is 0 Å². The van der Waals surface area contributed by atoms with Crippen LogP contribution in [0.1, 0.15) is 37.2 Å². The fraction of sp³-hybridized carbons (Fsp3) is 0.526. The normalized spacial score (nSPS) is 20.9. The molecule has 3 heterocycles. The molecule has 0 bridgehead atoms. The summed E-state index contributed by atoms with van der Waals surface area (Å²) in [4.78, 5) is 18.7. The predicted molar refractivity (Wildman–Crippen MR) is 94.7 cm³/mol. The Morgan fingerprint density at radius 2 is 2.26 bits per heavy atom. The van der Waals surface area contributed by atoms with Gasteiger partial charge in [0.25, 0.3) is 5.91 Å². The fourth-order valence-electron chi connectivity index (χ4n) is 3.49. The summed E-state index contributed by atoms with van der Waals surface area (Å²) < 4.78 is 22.4. The van der Waals surface area contributed by atoms with E-state index in [4.69, 9.17) is 18.7 Å². The highest BCUT2D eigenvalue weighted by Crippen LogP contribution is 2.41. The summed E-state index contributed by atoms with van der Waals surface area (Å²) in [7, 11) is 0. The minimum atomic E-state index is -0.371. The van der Waals surface area contributed by atoms with E-state index < -0.39 is 0 Å². The van der Waals surface area contributed by atoms with Crippen LogP contribution in [0.15, 0.2) is 22.7 Å². The molecular weight excluding hydrogens is 350 g/mol.